The van der Waals surface area contributed by atoms with Crippen LogP contribution in [-0.4, -0.2) is 38.6 Å². The Labute approximate surface area is 147 Å². The highest BCUT2D eigenvalue weighted by Gasteiger charge is 2.22. The number of ether oxygens (including phenoxy) is 5. The van der Waals surface area contributed by atoms with E-state index in [1.165, 1.54) is 0 Å². The molecule has 132 valence electrons. The highest BCUT2D eigenvalue weighted by atomic mass is 16.6. The third kappa shape index (κ3) is 5.54. The smallest absolute Gasteiger partial charge is 0.127 e. The maximum Gasteiger partial charge on any atom is 0.127 e. The largest absolute Gasteiger partial charge is 0.457 e. The van der Waals surface area contributed by atoms with Gasteiger partial charge in [-0.25, -0.2) is 0 Å². The fourth-order valence-corrected chi connectivity index (χ4v) is 2.39. The van der Waals surface area contributed by atoms with Crippen molar-refractivity contribution in [3.63, 3.8) is 0 Å². The molecule has 2 saturated heterocycles. The monoisotopic (exact) mass is 342 g/mol. The normalized spacial score (nSPS) is 21.1. The first kappa shape index (κ1) is 16.5. The Morgan fingerprint density at radius 1 is 0.680 bits per heavy atom. The van der Waals surface area contributed by atoms with Crippen LogP contribution in [0.3, 0.4) is 0 Å². The summed E-state index contributed by atoms with van der Waals surface area (Å²) < 4.78 is 27.3. The van der Waals surface area contributed by atoms with Crippen LogP contribution < -0.4 is 4.74 Å². The molecule has 2 aliphatic heterocycles. The molecule has 2 heterocycles. The van der Waals surface area contributed by atoms with E-state index < -0.39 is 0 Å². The number of epoxide rings is 2. The standard InChI is InChI=1S/C20H22O5/c1-5-17(6-2-15(1)9-21-11-19-13-23-19)25-18-7-3-16(4-8-18)10-22-12-20-14-24-20/h1-8,19-20H,9-14H2. The lowest BCUT2D eigenvalue weighted by Gasteiger charge is -2.08. The molecule has 0 bridgehead atoms. The minimum absolute atomic E-state index is 0.304. The van der Waals surface area contributed by atoms with E-state index >= 15 is 0 Å². The summed E-state index contributed by atoms with van der Waals surface area (Å²) in [4.78, 5) is 0. The van der Waals surface area contributed by atoms with Crippen LogP contribution in [0.2, 0.25) is 0 Å². The van der Waals surface area contributed by atoms with Crippen LogP contribution in [0.5, 0.6) is 11.5 Å². The molecule has 2 aromatic carbocycles. The molecule has 0 aliphatic carbocycles. The second-order valence-electron chi connectivity index (χ2n) is 6.33. The Hall–Kier alpha value is -1.92. The molecule has 2 aromatic rings. The maximum absolute atomic E-state index is 5.87. The minimum atomic E-state index is 0.304. The molecule has 2 unspecified atom stereocenters. The van der Waals surface area contributed by atoms with Crippen molar-refractivity contribution in [1.29, 1.82) is 0 Å². The molecule has 0 amide bonds. The Morgan fingerprint density at radius 2 is 1.08 bits per heavy atom. The Kier molecular flexibility index (Phi) is 5.28. The zero-order valence-corrected chi connectivity index (χ0v) is 14.1. The van der Waals surface area contributed by atoms with E-state index in [4.69, 9.17) is 23.7 Å². The van der Waals surface area contributed by atoms with Gasteiger partial charge in [-0.15, -0.1) is 0 Å². The first-order valence-electron chi connectivity index (χ1n) is 8.59. The first-order valence-corrected chi connectivity index (χ1v) is 8.59. The summed E-state index contributed by atoms with van der Waals surface area (Å²) in [5.41, 5.74) is 2.25. The quantitative estimate of drug-likeness (QED) is 0.620. The van der Waals surface area contributed by atoms with Crippen molar-refractivity contribution in [1.82, 2.24) is 0 Å². The van der Waals surface area contributed by atoms with Crippen molar-refractivity contribution >= 4 is 0 Å². The van der Waals surface area contributed by atoms with Gasteiger partial charge < -0.3 is 23.7 Å². The van der Waals surface area contributed by atoms with Gasteiger partial charge >= 0.3 is 0 Å². The molecule has 5 heteroatoms. The van der Waals surface area contributed by atoms with Gasteiger partial charge in [0.25, 0.3) is 0 Å². The van der Waals surface area contributed by atoms with E-state index in [-0.39, 0.29) is 0 Å². The van der Waals surface area contributed by atoms with Gasteiger partial charge in [0.2, 0.25) is 0 Å². The predicted octanol–water partition coefficient (Wildman–Crippen LogP) is 3.31. The number of benzene rings is 2. The van der Waals surface area contributed by atoms with Crippen molar-refractivity contribution in [3.05, 3.63) is 59.7 Å². The van der Waals surface area contributed by atoms with Crippen molar-refractivity contribution in [2.75, 3.05) is 26.4 Å². The van der Waals surface area contributed by atoms with Gasteiger partial charge in [0.15, 0.2) is 0 Å². The van der Waals surface area contributed by atoms with Crippen LogP contribution in [-0.2, 0) is 32.2 Å². The second kappa shape index (κ2) is 7.97. The molecule has 4 rings (SSSR count). The molecule has 0 spiro atoms. The fraction of sp³-hybridized carbons (Fsp3) is 0.400. The number of hydrogen-bond acceptors (Lipinski definition) is 5. The average Bonchev–Trinajstić information content (AvgIpc) is 3.53. The lowest BCUT2D eigenvalue weighted by Crippen LogP contribution is -2.01. The lowest BCUT2D eigenvalue weighted by molar-refractivity contribution is 0.104. The van der Waals surface area contributed by atoms with Crippen LogP contribution >= 0.6 is 0 Å². The molecule has 0 saturated carbocycles. The Bertz CT molecular complexity index is 600. The molecular weight excluding hydrogens is 320 g/mol. The van der Waals surface area contributed by atoms with Crippen LogP contribution in [0.15, 0.2) is 48.5 Å². The van der Waals surface area contributed by atoms with Gasteiger partial charge in [-0.3, -0.25) is 0 Å². The zero-order chi connectivity index (χ0) is 16.9. The van der Waals surface area contributed by atoms with Gasteiger partial charge in [0.1, 0.15) is 23.7 Å². The van der Waals surface area contributed by atoms with Crippen LogP contribution in [0.4, 0.5) is 0 Å². The third-order valence-electron chi connectivity index (χ3n) is 4.03. The summed E-state index contributed by atoms with van der Waals surface area (Å²) in [5.74, 6) is 1.62. The molecule has 5 nitrogen and oxygen atoms in total. The first-order chi connectivity index (χ1) is 12.3. The van der Waals surface area contributed by atoms with E-state index in [1.807, 2.05) is 48.5 Å². The van der Waals surface area contributed by atoms with E-state index in [9.17, 15) is 0 Å². The molecule has 25 heavy (non-hydrogen) atoms. The number of hydrogen-bond donors (Lipinski definition) is 0. The van der Waals surface area contributed by atoms with E-state index in [2.05, 4.69) is 0 Å². The van der Waals surface area contributed by atoms with E-state index in [1.54, 1.807) is 0 Å². The summed E-state index contributed by atoms with van der Waals surface area (Å²) in [6.45, 7) is 4.19. The Morgan fingerprint density at radius 3 is 1.44 bits per heavy atom. The average molecular weight is 342 g/mol. The van der Waals surface area contributed by atoms with Crippen molar-refractivity contribution in [2.24, 2.45) is 0 Å². The van der Waals surface area contributed by atoms with E-state index in [0.717, 1.165) is 35.8 Å². The number of rotatable bonds is 10. The molecule has 0 aromatic heterocycles. The van der Waals surface area contributed by atoms with Crippen molar-refractivity contribution in [2.45, 2.75) is 25.4 Å². The maximum atomic E-state index is 5.87. The summed E-state index contributed by atoms with van der Waals surface area (Å²) in [6, 6.07) is 15.9. The Balaban J connectivity index is 1.22. The molecule has 2 fully saturated rings. The summed E-state index contributed by atoms with van der Waals surface area (Å²) >= 11 is 0. The second-order valence-corrected chi connectivity index (χ2v) is 6.33. The van der Waals surface area contributed by atoms with Gasteiger partial charge in [-0.05, 0) is 35.4 Å². The molecule has 2 atom stereocenters. The molecule has 2 aliphatic rings. The van der Waals surface area contributed by atoms with E-state index in [0.29, 0.717) is 38.6 Å². The van der Waals surface area contributed by atoms with Crippen molar-refractivity contribution < 1.29 is 23.7 Å². The topological polar surface area (TPSA) is 52.8 Å². The third-order valence-corrected chi connectivity index (χ3v) is 4.03. The summed E-state index contributed by atoms with van der Waals surface area (Å²) in [5, 5.41) is 0. The highest BCUT2D eigenvalue weighted by molar-refractivity contribution is 5.34. The predicted molar refractivity (Wildman–Crippen MR) is 91.8 cm³/mol. The lowest BCUT2D eigenvalue weighted by atomic mass is 10.2. The molecular formula is C20H22O5. The van der Waals surface area contributed by atoms with Crippen molar-refractivity contribution in [3.8, 4) is 11.5 Å². The minimum Gasteiger partial charge on any atom is -0.457 e. The van der Waals surface area contributed by atoms with Crippen LogP contribution in [0.1, 0.15) is 11.1 Å². The summed E-state index contributed by atoms with van der Waals surface area (Å²) in [7, 11) is 0. The van der Waals surface area contributed by atoms with Crippen LogP contribution in [0.25, 0.3) is 0 Å². The zero-order valence-electron chi connectivity index (χ0n) is 14.1. The SMILES string of the molecule is c1cc(Oc2ccc(COCC3CO3)cc2)ccc1COCC1CO1. The highest BCUT2D eigenvalue weighted by Crippen LogP contribution is 2.23. The fourth-order valence-electron chi connectivity index (χ4n) is 2.39. The molecule has 0 radical (unpaired) electrons. The summed E-state index contributed by atoms with van der Waals surface area (Å²) in [6.07, 6.45) is 0.607. The molecule has 0 N–H and O–H groups in total. The van der Waals surface area contributed by atoms with Gasteiger partial charge in [0, 0.05) is 0 Å². The van der Waals surface area contributed by atoms with Crippen LogP contribution in [0, 0.1) is 0 Å². The van der Waals surface area contributed by atoms with Gasteiger partial charge in [0.05, 0.1) is 39.6 Å². The van der Waals surface area contributed by atoms with Gasteiger partial charge in [-0.1, -0.05) is 24.3 Å². The van der Waals surface area contributed by atoms with Gasteiger partial charge in [-0.2, -0.15) is 0 Å².